The standard InChI is InChI=1S/C17H24N2O2/c1-11-4-6-15(7-5-11)16(19-13(3)20)10-17(21)18-12(2)14-8-9-14/h4-7,12,14,16H,8-10H2,1-3H3,(H,18,21)(H,19,20)/t12-,16+/m1/s1. The van der Waals surface area contributed by atoms with Crippen LogP contribution in [-0.4, -0.2) is 17.9 Å². The molecule has 0 bridgehead atoms. The lowest BCUT2D eigenvalue weighted by Gasteiger charge is -2.20. The van der Waals surface area contributed by atoms with Crippen molar-refractivity contribution in [2.24, 2.45) is 5.92 Å². The van der Waals surface area contributed by atoms with Crippen LogP contribution in [0, 0.1) is 12.8 Å². The van der Waals surface area contributed by atoms with E-state index in [-0.39, 0.29) is 30.3 Å². The molecule has 0 radical (unpaired) electrons. The smallest absolute Gasteiger partial charge is 0.222 e. The van der Waals surface area contributed by atoms with Gasteiger partial charge in [-0.05, 0) is 38.2 Å². The molecule has 2 N–H and O–H groups in total. The third-order valence-corrected chi connectivity index (χ3v) is 3.96. The number of carbonyl (C=O) groups excluding carboxylic acids is 2. The molecule has 2 atom stereocenters. The van der Waals surface area contributed by atoms with E-state index in [0.717, 1.165) is 11.1 Å². The first kappa shape index (κ1) is 15.5. The normalized spacial score (nSPS) is 16.9. The fourth-order valence-corrected chi connectivity index (χ4v) is 2.51. The number of benzene rings is 1. The second-order valence-electron chi connectivity index (χ2n) is 6.06. The molecule has 21 heavy (non-hydrogen) atoms. The van der Waals surface area contributed by atoms with Crippen molar-refractivity contribution in [2.45, 2.75) is 52.1 Å². The van der Waals surface area contributed by atoms with Gasteiger partial charge in [0.2, 0.25) is 11.8 Å². The monoisotopic (exact) mass is 288 g/mol. The largest absolute Gasteiger partial charge is 0.353 e. The molecule has 1 aromatic rings. The van der Waals surface area contributed by atoms with Gasteiger partial charge in [-0.1, -0.05) is 29.8 Å². The maximum absolute atomic E-state index is 12.2. The Bertz CT molecular complexity index is 506. The number of amides is 2. The zero-order valence-corrected chi connectivity index (χ0v) is 13.0. The Balaban J connectivity index is 1.99. The topological polar surface area (TPSA) is 58.2 Å². The highest BCUT2D eigenvalue weighted by Crippen LogP contribution is 2.32. The molecule has 0 aromatic heterocycles. The van der Waals surface area contributed by atoms with E-state index in [1.54, 1.807) is 0 Å². The van der Waals surface area contributed by atoms with Gasteiger partial charge in [0, 0.05) is 13.0 Å². The maximum atomic E-state index is 12.2. The van der Waals surface area contributed by atoms with Gasteiger partial charge in [0.25, 0.3) is 0 Å². The first-order valence-electron chi connectivity index (χ1n) is 7.58. The summed E-state index contributed by atoms with van der Waals surface area (Å²) in [5.41, 5.74) is 2.12. The Kier molecular flexibility index (Phi) is 4.99. The number of aryl methyl sites for hydroxylation is 1. The van der Waals surface area contributed by atoms with Gasteiger partial charge in [-0.2, -0.15) is 0 Å². The Labute approximate surface area is 126 Å². The van der Waals surface area contributed by atoms with Gasteiger partial charge in [0.15, 0.2) is 0 Å². The molecule has 1 aliphatic carbocycles. The Morgan fingerprint density at radius 3 is 2.33 bits per heavy atom. The SMILES string of the molecule is CC(=O)N[C@@H](CC(=O)N[C@H](C)C1CC1)c1ccc(C)cc1. The molecule has 2 rings (SSSR count). The quantitative estimate of drug-likeness (QED) is 0.845. The van der Waals surface area contributed by atoms with Gasteiger partial charge < -0.3 is 10.6 Å². The van der Waals surface area contributed by atoms with Crippen LogP contribution in [-0.2, 0) is 9.59 Å². The van der Waals surface area contributed by atoms with Crippen molar-refractivity contribution in [3.05, 3.63) is 35.4 Å². The highest BCUT2D eigenvalue weighted by Gasteiger charge is 2.29. The van der Waals surface area contributed by atoms with Crippen molar-refractivity contribution in [2.75, 3.05) is 0 Å². The van der Waals surface area contributed by atoms with Crippen LogP contribution in [0.15, 0.2) is 24.3 Å². The average Bonchev–Trinajstić information content (AvgIpc) is 3.22. The molecule has 1 saturated carbocycles. The number of hydrogen-bond donors (Lipinski definition) is 2. The van der Waals surface area contributed by atoms with Crippen molar-refractivity contribution >= 4 is 11.8 Å². The fraction of sp³-hybridized carbons (Fsp3) is 0.529. The van der Waals surface area contributed by atoms with Crippen LogP contribution in [0.25, 0.3) is 0 Å². The maximum Gasteiger partial charge on any atom is 0.222 e. The van der Waals surface area contributed by atoms with E-state index in [2.05, 4.69) is 17.6 Å². The summed E-state index contributed by atoms with van der Waals surface area (Å²) in [5, 5.41) is 5.90. The third kappa shape index (κ3) is 4.88. The van der Waals surface area contributed by atoms with Crippen molar-refractivity contribution in [3.63, 3.8) is 0 Å². The molecule has 4 heteroatoms. The summed E-state index contributed by atoms with van der Waals surface area (Å²) >= 11 is 0. The lowest BCUT2D eigenvalue weighted by atomic mass is 10.0. The minimum Gasteiger partial charge on any atom is -0.353 e. The van der Waals surface area contributed by atoms with Crippen LogP contribution >= 0.6 is 0 Å². The molecular weight excluding hydrogens is 264 g/mol. The summed E-state index contributed by atoms with van der Waals surface area (Å²) in [5.74, 6) is 0.505. The molecule has 1 aromatic carbocycles. The van der Waals surface area contributed by atoms with Crippen LogP contribution < -0.4 is 10.6 Å². The molecular formula is C17H24N2O2. The molecule has 4 nitrogen and oxygen atoms in total. The van der Waals surface area contributed by atoms with Gasteiger partial charge >= 0.3 is 0 Å². The summed E-state index contributed by atoms with van der Waals surface area (Å²) in [6.07, 6.45) is 2.68. The molecule has 0 spiro atoms. The van der Waals surface area contributed by atoms with Crippen LogP contribution in [0.3, 0.4) is 0 Å². The van der Waals surface area contributed by atoms with Crippen molar-refractivity contribution in [3.8, 4) is 0 Å². The van der Waals surface area contributed by atoms with Crippen LogP contribution in [0.1, 0.15) is 50.3 Å². The average molecular weight is 288 g/mol. The Morgan fingerprint density at radius 1 is 1.19 bits per heavy atom. The Morgan fingerprint density at radius 2 is 1.81 bits per heavy atom. The minimum absolute atomic E-state index is 0.00581. The van der Waals surface area contributed by atoms with Crippen molar-refractivity contribution in [1.82, 2.24) is 10.6 Å². The zero-order chi connectivity index (χ0) is 15.4. The predicted molar refractivity (Wildman–Crippen MR) is 82.7 cm³/mol. The van der Waals surface area contributed by atoms with Crippen molar-refractivity contribution < 1.29 is 9.59 Å². The van der Waals surface area contributed by atoms with Crippen LogP contribution in [0.5, 0.6) is 0 Å². The fourth-order valence-electron chi connectivity index (χ4n) is 2.51. The lowest BCUT2D eigenvalue weighted by Crippen LogP contribution is -2.37. The number of carbonyl (C=O) groups is 2. The van der Waals surface area contributed by atoms with Crippen molar-refractivity contribution in [1.29, 1.82) is 0 Å². The zero-order valence-electron chi connectivity index (χ0n) is 13.0. The summed E-state index contributed by atoms with van der Waals surface area (Å²) in [6.45, 7) is 5.54. The molecule has 0 unspecified atom stereocenters. The summed E-state index contributed by atoms with van der Waals surface area (Å²) in [7, 11) is 0. The molecule has 1 aliphatic rings. The number of nitrogens with one attached hydrogen (secondary N) is 2. The van der Waals surface area contributed by atoms with Crippen LogP contribution in [0.2, 0.25) is 0 Å². The molecule has 0 heterocycles. The van der Waals surface area contributed by atoms with E-state index in [1.807, 2.05) is 31.2 Å². The first-order chi connectivity index (χ1) is 9.95. The van der Waals surface area contributed by atoms with Crippen LogP contribution in [0.4, 0.5) is 0 Å². The Hall–Kier alpha value is -1.84. The second kappa shape index (κ2) is 6.74. The summed E-state index contributed by atoms with van der Waals surface area (Å²) in [4.78, 5) is 23.5. The first-order valence-corrected chi connectivity index (χ1v) is 7.58. The van der Waals surface area contributed by atoms with E-state index in [4.69, 9.17) is 0 Å². The minimum atomic E-state index is -0.269. The summed E-state index contributed by atoms with van der Waals surface area (Å²) < 4.78 is 0. The lowest BCUT2D eigenvalue weighted by molar-refractivity contribution is -0.123. The second-order valence-corrected chi connectivity index (χ2v) is 6.06. The number of hydrogen-bond acceptors (Lipinski definition) is 2. The van der Waals surface area contributed by atoms with E-state index >= 15 is 0 Å². The highest BCUT2D eigenvalue weighted by atomic mass is 16.2. The predicted octanol–water partition coefficient (Wildman–Crippen LogP) is 2.48. The van der Waals surface area contributed by atoms with Gasteiger partial charge in [0.1, 0.15) is 0 Å². The van der Waals surface area contributed by atoms with Gasteiger partial charge in [0.05, 0.1) is 12.5 Å². The van der Waals surface area contributed by atoms with E-state index in [9.17, 15) is 9.59 Å². The van der Waals surface area contributed by atoms with E-state index < -0.39 is 0 Å². The van der Waals surface area contributed by atoms with E-state index in [0.29, 0.717) is 5.92 Å². The molecule has 1 fully saturated rings. The van der Waals surface area contributed by atoms with Gasteiger partial charge in [-0.25, -0.2) is 0 Å². The molecule has 2 amide bonds. The van der Waals surface area contributed by atoms with Gasteiger partial charge in [-0.3, -0.25) is 9.59 Å². The molecule has 0 saturated heterocycles. The van der Waals surface area contributed by atoms with E-state index in [1.165, 1.54) is 19.8 Å². The molecule has 114 valence electrons. The summed E-state index contributed by atoms with van der Waals surface area (Å²) in [6, 6.07) is 7.88. The third-order valence-electron chi connectivity index (χ3n) is 3.96. The number of rotatable bonds is 6. The highest BCUT2D eigenvalue weighted by molar-refractivity contribution is 5.79. The van der Waals surface area contributed by atoms with Gasteiger partial charge in [-0.15, -0.1) is 0 Å². The molecule has 0 aliphatic heterocycles.